The summed E-state index contributed by atoms with van der Waals surface area (Å²) in [6.45, 7) is 0. The topological polar surface area (TPSA) is 101 Å². The minimum Gasteiger partial charge on any atom is -0.508 e. The van der Waals surface area contributed by atoms with Gasteiger partial charge in [0.05, 0.1) is 16.5 Å². The van der Waals surface area contributed by atoms with Crippen molar-refractivity contribution in [2.24, 2.45) is 0 Å². The Hall–Kier alpha value is -6.40. The number of phenolic OH excluding ortho intramolecular Hbond substituents is 2. The molecule has 0 spiro atoms. The molecule has 0 amide bonds. The molecule has 0 aliphatic carbocycles. The first-order valence-electron chi connectivity index (χ1n) is 14.6. The zero-order valence-corrected chi connectivity index (χ0v) is 24.4. The fourth-order valence-electron chi connectivity index (χ4n) is 5.62. The van der Waals surface area contributed by atoms with Crippen LogP contribution in [0.2, 0.25) is 0 Å². The molecule has 0 aliphatic heterocycles. The molecule has 6 heteroatoms. The third-order valence-corrected chi connectivity index (χ3v) is 7.82. The Kier molecular flexibility index (Phi) is 7.37. The fourth-order valence-corrected chi connectivity index (χ4v) is 5.62. The van der Waals surface area contributed by atoms with Gasteiger partial charge in [0.1, 0.15) is 17.1 Å². The maximum Gasteiger partial charge on any atom is 0.344 e. The zero-order valence-electron chi connectivity index (χ0n) is 24.4. The summed E-state index contributed by atoms with van der Waals surface area (Å²) < 4.78 is 12.0. The van der Waals surface area contributed by atoms with E-state index in [1.54, 1.807) is 60.7 Å². The van der Waals surface area contributed by atoms with Crippen molar-refractivity contribution < 1.29 is 19.0 Å². The van der Waals surface area contributed by atoms with Crippen LogP contribution in [0.15, 0.2) is 140 Å². The molecule has 0 fully saturated rings. The second-order valence-electron chi connectivity index (χ2n) is 10.8. The first kappa shape index (κ1) is 28.4. The van der Waals surface area contributed by atoms with Crippen molar-refractivity contribution in [3.63, 3.8) is 0 Å². The molecule has 0 saturated heterocycles. The summed E-state index contributed by atoms with van der Waals surface area (Å²) >= 11 is 0. The number of rotatable bonds is 6. The number of hydrogen-bond donors (Lipinski definition) is 2. The van der Waals surface area contributed by atoms with Gasteiger partial charge in [0.15, 0.2) is 5.58 Å². The molecule has 0 aliphatic rings. The second-order valence-corrected chi connectivity index (χ2v) is 10.8. The molecule has 6 nitrogen and oxygen atoms in total. The predicted octanol–water partition coefficient (Wildman–Crippen LogP) is 8.99. The number of fused-ring (bicyclic) bond motifs is 3. The van der Waals surface area contributed by atoms with Crippen LogP contribution in [0.3, 0.4) is 0 Å². The van der Waals surface area contributed by atoms with E-state index in [1.165, 1.54) is 0 Å². The normalized spacial score (nSPS) is 11.7. The van der Waals surface area contributed by atoms with Crippen LogP contribution in [-0.2, 0) is 0 Å². The Morgan fingerprint density at radius 1 is 0.478 bits per heavy atom. The maximum atomic E-state index is 13.9. The van der Waals surface area contributed by atoms with Gasteiger partial charge in [-0.15, -0.1) is 0 Å². The molecule has 0 atom stereocenters. The Bertz CT molecular complexity index is 2380. The maximum absolute atomic E-state index is 13.9. The highest BCUT2D eigenvalue weighted by atomic mass is 16.4. The molecular weight excluding hydrogens is 576 g/mol. The van der Waals surface area contributed by atoms with E-state index < -0.39 is 11.3 Å². The summed E-state index contributed by atoms with van der Waals surface area (Å²) in [4.78, 5) is 27.5. The van der Waals surface area contributed by atoms with Crippen molar-refractivity contribution in [1.82, 2.24) is 0 Å². The number of benzene rings is 5. The molecule has 7 aromatic rings. The highest BCUT2D eigenvalue weighted by Gasteiger charge is 2.22. The van der Waals surface area contributed by atoms with Crippen molar-refractivity contribution in [3.05, 3.63) is 164 Å². The summed E-state index contributed by atoms with van der Waals surface area (Å²) in [5.74, 6) is 0.297. The smallest absolute Gasteiger partial charge is 0.344 e. The second kappa shape index (κ2) is 11.9. The van der Waals surface area contributed by atoms with Crippen molar-refractivity contribution in [3.8, 4) is 33.8 Å². The fraction of sp³-hybridized carbons (Fsp3) is 0. The molecule has 0 saturated carbocycles. The van der Waals surface area contributed by atoms with E-state index in [0.717, 1.165) is 11.1 Å². The lowest BCUT2D eigenvalue weighted by molar-refractivity contribution is 0.474. The number of hydrogen-bond acceptors (Lipinski definition) is 6. The van der Waals surface area contributed by atoms with Crippen LogP contribution in [0.5, 0.6) is 11.5 Å². The van der Waals surface area contributed by atoms with Gasteiger partial charge in [-0.25, -0.2) is 9.59 Å². The van der Waals surface area contributed by atoms with E-state index in [1.807, 2.05) is 85.0 Å². The van der Waals surface area contributed by atoms with E-state index in [0.29, 0.717) is 44.2 Å². The first-order valence-corrected chi connectivity index (χ1v) is 14.6. The SMILES string of the molecule is O=c1oc2c(ccc3oc(=O)c(-c4ccccc4)c(/C=C/c4ccc(O)cc4)c32)c(/C=C/c2ccc(O)cc2)c1-c1ccccc1. The number of phenols is 2. The molecule has 0 bridgehead atoms. The van der Waals surface area contributed by atoms with Crippen LogP contribution < -0.4 is 11.3 Å². The minimum atomic E-state index is -0.544. The highest BCUT2D eigenvalue weighted by molar-refractivity contribution is 6.12. The number of aromatic hydroxyl groups is 2. The van der Waals surface area contributed by atoms with E-state index in [2.05, 4.69) is 0 Å². The summed E-state index contributed by atoms with van der Waals surface area (Å²) in [7, 11) is 0. The molecule has 0 radical (unpaired) electrons. The Balaban J connectivity index is 1.58. The van der Waals surface area contributed by atoms with Crippen LogP contribution in [0.1, 0.15) is 22.3 Å². The van der Waals surface area contributed by atoms with Gasteiger partial charge in [0.25, 0.3) is 0 Å². The van der Waals surface area contributed by atoms with Crippen LogP contribution in [0.4, 0.5) is 0 Å². The Labute approximate surface area is 263 Å². The molecular formula is C40H26O6. The molecule has 2 N–H and O–H groups in total. The lowest BCUT2D eigenvalue weighted by atomic mass is 9.93. The quantitative estimate of drug-likeness (QED) is 0.146. The van der Waals surface area contributed by atoms with Crippen molar-refractivity contribution in [2.75, 3.05) is 0 Å². The van der Waals surface area contributed by atoms with E-state index in [4.69, 9.17) is 8.83 Å². The van der Waals surface area contributed by atoms with Crippen molar-refractivity contribution in [2.45, 2.75) is 0 Å². The molecule has 7 rings (SSSR count). The molecule has 222 valence electrons. The highest BCUT2D eigenvalue weighted by Crippen LogP contribution is 2.37. The van der Waals surface area contributed by atoms with Gasteiger partial charge in [0, 0.05) is 16.5 Å². The van der Waals surface area contributed by atoms with Crippen molar-refractivity contribution >= 4 is 46.2 Å². The van der Waals surface area contributed by atoms with E-state index in [9.17, 15) is 19.8 Å². The monoisotopic (exact) mass is 602 g/mol. The van der Waals surface area contributed by atoms with E-state index in [-0.39, 0.29) is 22.7 Å². The van der Waals surface area contributed by atoms with Gasteiger partial charge in [-0.1, -0.05) is 109 Å². The van der Waals surface area contributed by atoms with Gasteiger partial charge < -0.3 is 19.0 Å². The average molecular weight is 603 g/mol. The summed E-state index contributed by atoms with van der Waals surface area (Å²) in [5.41, 5.74) is 4.32. The van der Waals surface area contributed by atoms with Crippen LogP contribution in [-0.4, -0.2) is 10.2 Å². The van der Waals surface area contributed by atoms with Gasteiger partial charge >= 0.3 is 11.3 Å². The molecule has 5 aromatic carbocycles. The minimum absolute atomic E-state index is 0.141. The van der Waals surface area contributed by atoms with Gasteiger partial charge in [-0.05, 0) is 58.7 Å². The summed E-state index contributed by atoms with van der Waals surface area (Å²) in [6, 6.07) is 35.5. The Morgan fingerprint density at radius 2 is 0.957 bits per heavy atom. The predicted molar refractivity (Wildman–Crippen MR) is 183 cm³/mol. The average Bonchev–Trinajstić information content (AvgIpc) is 3.07. The molecule has 2 heterocycles. The van der Waals surface area contributed by atoms with Crippen molar-refractivity contribution in [1.29, 1.82) is 0 Å². The lowest BCUT2D eigenvalue weighted by Gasteiger charge is -2.14. The molecule has 0 unspecified atom stereocenters. The third-order valence-electron chi connectivity index (χ3n) is 7.82. The standard InChI is InChI=1S/C40H26O6/c41-29-17-11-25(12-18-29)15-21-31-32-23-24-34-37(38(32)46-40(44)35(31)27-7-3-1-4-8-27)33(22-16-26-13-19-30(42)20-14-26)36(39(43)45-34)28-9-5-2-6-10-28/h1-24,41-42H/b21-15+,22-16+. The third kappa shape index (κ3) is 5.40. The van der Waals surface area contributed by atoms with Crippen LogP contribution in [0, 0.1) is 0 Å². The largest absolute Gasteiger partial charge is 0.508 e. The zero-order chi connectivity index (χ0) is 31.6. The van der Waals surface area contributed by atoms with Crippen LogP contribution in [0.25, 0.3) is 68.5 Å². The summed E-state index contributed by atoms with van der Waals surface area (Å²) in [5, 5.41) is 20.7. The van der Waals surface area contributed by atoms with Crippen LogP contribution >= 0.6 is 0 Å². The van der Waals surface area contributed by atoms with Gasteiger partial charge in [0.2, 0.25) is 0 Å². The molecule has 2 aromatic heterocycles. The van der Waals surface area contributed by atoms with Gasteiger partial charge in [-0.2, -0.15) is 0 Å². The summed E-state index contributed by atoms with van der Waals surface area (Å²) in [6.07, 6.45) is 7.38. The lowest BCUT2D eigenvalue weighted by Crippen LogP contribution is -2.09. The first-order chi connectivity index (χ1) is 22.5. The van der Waals surface area contributed by atoms with E-state index >= 15 is 0 Å². The molecule has 46 heavy (non-hydrogen) atoms. The van der Waals surface area contributed by atoms with Gasteiger partial charge in [-0.3, -0.25) is 0 Å². The Morgan fingerprint density at radius 3 is 1.50 bits per heavy atom.